The Morgan fingerprint density at radius 2 is 1.89 bits per heavy atom. The van der Waals surface area contributed by atoms with Crippen molar-refractivity contribution in [1.82, 2.24) is 0 Å². The molecule has 9 heavy (non-hydrogen) atoms. The van der Waals surface area contributed by atoms with Crippen LogP contribution in [0.1, 0.15) is 6.42 Å². The van der Waals surface area contributed by atoms with Gasteiger partial charge in [-0.05, 0) is 0 Å². The van der Waals surface area contributed by atoms with Crippen molar-refractivity contribution in [2.45, 2.75) is 6.42 Å². The van der Waals surface area contributed by atoms with E-state index in [9.17, 15) is 13.2 Å². The number of hydrogen-bond acceptors (Lipinski definition) is 3. The van der Waals surface area contributed by atoms with Crippen LogP contribution in [0.25, 0.3) is 0 Å². The van der Waals surface area contributed by atoms with E-state index < -0.39 is 15.9 Å². The zero-order valence-electron chi connectivity index (χ0n) is 4.07. The molecule has 0 fully saturated rings. The van der Waals surface area contributed by atoms with Crippen LogP contribution in [-0.2, 0) is 14.9 Å². The first-order chi connectivity index (χ1) is 3.56. The summed E-state index contributed by atoms with van der Waals surface area (Å²) in [5.74, 6) is -0.476. The van der Waals surface area contributed by atoms with Crippen molar-refractivity contribution in [3.63, 3.8) is 0 Å². The molecule has 6 heteroatoms. The van der Waals surface area contributed by atoms with Crippen LogP contribution in [0, 0.1) is 0 Å². The van der Waals surface area contributed by atoms with Gasteiger partial charge in [-0.25, -0.2) is 0 Å². The topological polar surface area (TPSA) is 71.4 Å². The van der Waals surface area contributed by atoms with E-state index in [4.69, 9.17) is 4.55 Å². The standard InChI is InChI=1S/C3H6O4S.Na.H/c4-2-1-3-8(5,6)7;;/h2H,1,3H2,(H,5,6,7);;. The molecule has 0 aromatic heterocycles. The Morgan fingerprint density at radius 1 is 1.44 bits per heavy atom. The Bertz CT molecular complexity index is 161. The molecule has 0 heterocycles. The summed E-state index contributed by atoms with van der Waals surface area (Å²) < 4.78 is 27.5. The molecule has 0 aromatic carbocycles. The van der Waals surface area contributed by atoms with Crippen molar-refractivity contribution < 1.29 is 17.8 Å². The van der Waals surface area contributed by atoms with E-state index in [0.717, 1.165) is 0 Å². The zero-order chi connectivity index (χ0) is 6.62. The second kappa shape index (κ2) is 5.37. The molecule has 0 atom stereocenters. The molecular weight excluding hydrogens is 155 g/mol. The Kier molecular flexibility index (Phi) is 7.33. The van der Waals surface area contributed by atoms with Gasteiger partial charge < -0.3 is 4.79 Å². The van der Waals surface area contributed by atoms with Gasteiger partial charge in [0, 0.05) is 6.42 Å². The molecule has 50 valence electrons. The molecule has 0 aliphatic heterocycles. The van der Waals surface area contributed by atoms with Gasteiger partial charge >= 0.3 is 29.6 Å². The van der Waals surface area contributed by atoms with Gasteiger partial charge in [0.2, 0.25) is 0 Å². The summed E-state index contributed by atoms with van der Waals surface area (Å²) in [4.78, 5) is 9.48. The summed E-state index contributed by atoms with van der Waals surface area (Å²) in [6, 6.07) is 0. The summed E-state index contributed by atoms with van der Waals surface area (Å²) in [6.45, 7) is 0. The van der Waals surface area contributed by atoms with Crippen LogP contribution < -0.4 is 0 Å². The summed E-state index contributed by atoms with van der Waals surface area (Å²) in [6.07, 6.45) is 0.298. The molecular formula is C3H7NaO4S. The van der Waals surface area contributed by atoms with Gasteiger partial charge in [-0.1, -0.05) is 0 Å². The van der Waals surface area contributed by atoms with Crippen molar-refractivity contribution in [1.29, 1.82) is 0 Å². The van der Waals surface area contributed by atoms with Crippen LogP contribution >= 0.6 is 0 Å². The molecule has 0 saturated carbocycles. The van der Waals surface area contributed by atoms with Gasteiger partial charge in [-0.15, -0.1) is 0 Å². The third-order valence-electron chi connectivity index (χ3n) is 0.494. The molecule has 0 bridgehead atoms. The zero-order valence-corrected chi connectivity index (χ0v) is 4.89. The summed E-state index contributed by atoms with van der Waals surface area (Å²) in [5, 5.41) is 0. The average Bonchev–Trinajstić information content (AvgIpc) is 1.59. The normalized spacial score (nSPS) is 9.89. The van der Waals surface area contributed by atoms with E-state index >= 15 is 0 Å². The Labute approximate surface area is 75.7 Å². The number of carbonyl (C=O) groups is 1. The molecule has 0 unspecified atom stereocenters. The first kappa shape index (κ1) is 12.3. The van der Waals surface area contributed by atoms with Gasteiger partial charge in [0.1, 0.15) is 6.29 Å². The van der Waals surface area contributed by atoms with Crippen LogP contribution in [0.15, 0.2) is 0 Å². The number of rotatable bonds is 3. The minimum absolute atomic E-state index is 0. The number of aldehydes is 1. The fourth-order valence-electron chi connectivity index (χ4n) is 0.197. The minimum atomic E-state index is -3.92. The molecule has 0 spiro atoms. The number of hydrogen-bond donors (Lipinski definition) is 1. The fourth-order valence-corrected chi connectivity index (χ4v) is 0.591. The molecule has 0 rings (SSSR count). The van der Waals surface area contributed by atoms with E-state index in [2.05, 4.69) is 0 Å². The predicted molar refractivity (Wildman–Crippen MR) is 34.2 cm³/mol. The maximum absolute atomic E-state index is 9.79. The predicted octanol–water partition coefficient (Wildman–Crippen LogP) is -1.19. The SMILES string of the molecule is O=CCCS(=O)(=O)O.[NaH]. The average molecular weight is 162 g/mol. The molecule has 0 saturated heterocycles. The van der Waals surface area contributed by atoms with Crippen molar-refractivity contribution >= 4 is 46.0 Å². The first-order valence-electron chi connectivity index (χ1n) is 1.95. The molecule has 0 radical (unpaired) electrons. The van der Waals surface area contributed by atoms with Gasteiger partial charge in [-0.3, -0.25) is 4.55 Å². The second-order valence-corrected chi connectivity index (χ2v) is 2.81. The Hall–Kier alpha value is 0.580. The van der Waals surface area contributed by atoms with E-state index in [1.807, 2.05) is 0 Å². The van der Waals surface area contributed by atoms with E-state index in [1.54, 1.807) is 0 Å². The van der Waals surface area contributed by atoms with Gasteiger partial charge in [-0.2, -0.15) is 8.42 Å². The van der Waals surface area contributed by atoms with E-state index in [-0.39, 0.29) is 36.0 Å². The van der Waals surface area contributed by atoms with Crippen LogP contribution in [0.3, 0.4) is 0 Å². The molecule has 0 aromatic rings. The summed E-state index contributed by atoms with van der Waals surface area (Å²) >= 11 is 0. The van der Waals surface area contributed by atoms with Crippen LogP contribution in [0.4, 0.5) is 0 Å². The Balaban J connectivity index is 0. The summed E-state index contributed by atoms with van der Waals surface area (Å²) in [7, 11) is -3.92. The van der Waals surface area contributed by atoms with E-state index in [0.29, 0.717) is 6.29 Å². The molecule has 0 aliphatic carbocycles. The second-order valence-electron chi connectivity index (χ2n) is 1.24. The maximum atomic E-state index is 9.79. The fraction of sp³-hybridized carbons (Fsp3) is 0.667. The molecule has 0 amide bonds. The van der Waals surface area contributed by atoms with Crippen molar-refractivity contribution in [3.05, 3.63) is 0 Å². The van der Waals surface area contributed by atoms with Crippen LogP contribution in [-0.4, -0.2) is 54.6 Å². The van der Waals surface area contributed by atoms with Crippen molar-refractivity contribution in [3.8, 4) is 0 Å². The Morgan fingerprint density at radius 3 is 2.00 bits per heavy atom. The molecule has 0 aliphatic rings. The van der Waals surface area contributed by atoms with Crippen LogP contribution in [0.2, 0.25) is 0 Å². The van der Waals surface area contributed by atoms with Gasteiger partial charge in [0.05, 0.1) is 5.75 Å². The van der Waals surface area contributed by atoms with E-state index in [1.165, 1.54) is 0 Å². The van der Waals surface area contributed by atoms with Crippen LogP contribution in [0.5, 0.6) is 0 Å². The van der Waals surface area contributed by atoms with Gasteiger partial charge in [0.15, 0.2) is 0 Å². The monoisotopic (exact) mass is 162 g/mol. The summed E-state index contributed by atoms with van der Waals surface area (Å²) in [5.41, 5.74) is 0. The third kappa shape index (κ3) is 11.9. The molecule has 4 nitrogen and oxygen atoms in total. The quantitative estimate of drug-likeness (QED) is 0.322. The molecule has 1 N–H and O–H groups in total. The van der Waals surface area contributed by atoms with Crippen molar-refractivity contribution in [2.24, 2.45) is 0 Å². The van der Waals surface area contributed by atoms with Gasteiger partial charge in [0.25, 0.3) is 10.1 Å². The third-order valence-corrected chi connectivity index (χ3v) is 1.25. The first-order valence-corrected chi connectivity index (χ1v) is 3.56. The van der Waals surface area contributed by atoms with Crippen molar-refractivity contribution in [2.75, 3.05) is 5.75 Å². The number of carbonyl (C=O) groups excluding carboxylic acids is 1.